The van der Waals surface area contributed by atoms with Crippen molar-refractivity contribution in [1.29, 1.82) is 0 Å². The van der Waals surface area contributed by atoms with E-state index in [1.54, 1.807) is 11.6 Å². The van der Waals surface area contributed by atoms with Gasteiger partial charge < -0.3 is 4.74 Å². The van der Waals surface area contributed by atoms with Gasteiger partial charge in [0.1, 0.15) is 6.10 Å². The summed E-state index contributed by atoms with van der Waals surface area (Å²) in [4.78, 5) is 12.8. The lowest BCUT2D eigenvalue weighted by Gasteiger charge is -2.58. The standard InChI is InChI=1S/C40H54O2/c1-27(2)9-8-10-28(3)35-18-19-36-34-17-16-32-26-33(21-23-39(32,4)37(34)22-24-40(35,36)5)42-38(41)20-14-29-13-15-30-11-6-7-12-31(30)25-29/h6-7,11-16,20,25,27-28,33-37H,8-10,17-19,21-24,26H2,1-5H3. The summed E-state index contributed by atoms with van der Waals surface area (Å²) >= 11 is 0. The predicted molar refractivity (Wildman–Crippen MR) is 176 cm³/mol. The van der Waals surface area contributed by atoms with Crippen molar-refractivity contribution in [3.05, 3.63) is 65.8 Å². The Morgan fingerprint density at radius 1 is 0.952 bits per heavy atom. The summed E-state index contributed by atoms with van der Waals surface area (Å²) in [6.45, 7) is 12.6. The van der Waals surface area contributed by atoms with E-state index in [4.69, 9.17) is 4.74 Å². The summed E-state index contributed by atoms with van der Waals surface area (Å²) in [7, 11) is 0. The molecule has 2 heteroatoms. The number of allylic oxidation sites excluding steroid dienone is 1. The molecule has 3 saturated carbocycles. The molecule has 8 atom stereocenters. The first-order valence-corrected chi connectivity index (χ1v) is 17.2. The van der Waals surface area contributed by atoms with Crippen LogP contribution in [0.1, 0.15) is 111 Å². The summed E-state index contributed by atoms with van der Waals surface area (Å²) < 4.78 is 6.04. The summed E-state index contributed by atoms with van der Waals surface area (Å²) in [5, 5.41) is 2.40. The van der Waals surface area contributed by atoms with Gasteiger partial charge in [-0.25, -0.2) is 4.79 Å². The van der Waals surface area contributed by atoms with Gasteiger partial charge in [-0.1, -0.05) is 102 Å². The summed E-state index contributed by atoms with van der Waals surface area (Å²) in [5.74, 6) is 4.92. The molecule has 2 nitrogen and oxygen atoms in total. The summed E-state index contributed by atoms with van der Waals surface area (Å²) in [6.07, 6.45) is 20.3. The van der Waals surface area contributed by atoms with Crippen molar-refractivity contribution in [3.63, 3.8) is 0 Å². The van der Waals surface area contributed by atoms with Gasteiger partial charge >= 0.3 is 5.97 Å². The third kappa shape index (κ3) is 5.65. The molecule has 226 valence electrons. The first-order chi connectivity index (χ1) is 20.2. The quantitative estimate of drug-likeness (QED) is 0.180. The van der Waals surface area contributed by atoms with Crippen LogP contribution in [-0.4, -0.2) is 12.1 Å². The molecule has 2 aromatic carbocycles. The van der Waals surface area contributed by atoms with Crippen molar-refractivity contribution < 1.29 is 9.53 Å². The zero-order chi connectivity index (χ0) is 29.5. The van der Waals surface area contributed by atoms with E-state index in [1.807, 2.05) is 6.08 Å². The van der Waals surface area contributed by atoms with Crippen LogP contribution < -0.4 is 0 Å². The van der Waals surface area contributed by atoms with Crippen LogP contribution in [0, 0.1) is 46.3 Å². The SMILES string of the molecule is CC(C)CCCC(C)C1CCC2C3CC=C4CC(OC(=O)C=Cc5ccc6ccccc6c5)CCC4(C)C3CCC12C. The van der Waals surface area contributed by atoms with Crippen LogP contribution in [0.5, 0.6) is 0 Å². The highest BCUT2D eigenvalue weighted by Gasteiger charge is 2.59. The molecular formula is C40H54O2. The Balaban J connectivity index is 1.08. The van der Waals surface area contributed by atoms with Gasteiger partial charge in [0.05, 0.1) is 0 Å². The Morgan fingerprint density at radius 2 is 1.76 bits per heavy atom. The monoisotopic (exact) mass is 566 g/mol. The minimum Gasteiger partial charge on any atom is -0.459 e. The maximum Gasteiger partial charge on any atom is 0.331 e. The predicted octanol–water partition coefficient (Wildman–Crippen LogP) is 10.8. The second kappa shape index (κ2) is 12.0. The largest absolute Gasteiger partial charge is 0.459 e. The molecule has 0 amide bonds. The van der Waals surface area contributed by atoms with Gasteiger partial charge in [0.2, 0.25) is 0 Å². The average Bonchev–Trinajstić information content (AvgIpc) is 3.33. The molecule has 0 aliphatic heterocycles. The van der Waals surface area contributed by atoms with Gasteiger partial charge in [-0.15, -0.1) is 0 Å². The van der Waals surface area contributed by atoms with E-state index in [1.165, 1.54) is 62.1 Å². The number of carbonyl (C=O) groups is 1. The molecule has 8 unspecified atom stereocenters. The van der Waals surface area contributed by atoms with Gasteiger partial charge in [0, 0.05) is 12.5 Å². The molecule has 4 aliphatic carbocycles. The molecule has 0 radical (unpaired) electrons. The number of rotatable bonds is 8. The number of carbonyl (C=O) groups excluding carboxylic acids is 1. The third-order valence-corrected chi connectivity index (χ3v) is 12.7. The Hall–Kier alpha value is -2.35. The number of fused-ring (bicyclic) bond motifs is 6. The second-order valence-electron chi connectivity index (χ2n) is 15.5. The highest BCUT2D eigenvalue weighted by atomic mass is 16.5. The zero-order valence-corrected chi connectivity index (χ0v) is 26.9. The number of hydrogen-bond acceptors (Lipinski definition) is 2. The molecule has 0 spiro atoms. The maximum atomic E-state index is 12.8. The number of esters is 1. The van der Waals surface area contributed by atoms with Gasteiger partial charge in [-0.05, 0) is 120 Å². The fraction of sp³-hybridized carbons (Fsp3) is 0.625. The molecule has 42 heavy (non-hydrogen) atoms. The highest BCUT2D eigenvalue weighted by Crippen LogP contribution is 2.67. The molecule has 0 bridgehead atoms. The number of benzene rings is 2. The maximum absolute atomic E-state index is 12.8. The van der Waals surface area contributed by atoms with Crippen LogP contribution in [0.25, 0.3) is 16.8 Å². The number of hydrogen-bond donors (Lipinski definition) is 0. The van der Waals surface area contributed by atoms with Crippen molar-refractivity contribution in [3.8, 4) is 0 Å². The minimum atomic E-state index is -0.209. The Bertz CT molecular complexity index is 1330. The van der Waals surface area contributed by atoms with E-state index < -0.39 is 0 Å². The van der Waals surface area contributed by atoms with Crippen LogP contribution in [0.4, 0.5) is 0 Å². The van der Waals surface area contributed by atoms with Gasteiger partial charge in [0.15, 0.2) is 0 Å². The van der Waals surface area contributed by atoms with E-state index >= 15 is 0 Å². The third-order valence-electron chi connectivity index (χ3n) is 12.7. The fourth-order valence-corrected chi connectivity index (χ4v) is 10.4. The summed E-state index contributed by atoms with van der Waals surface area (Å²) in [6, 6.07) is 14.6. The molecule has 0 aromatic heterocycles. The smallest absolute Gasteiger partial charge is 0.331 e. The normalized spacial score (nSPS) is 35.0. The van der Waals surface area contributed by atoms with Crippen LogP contribution in [0.15, 0.2) is 60.2 Å². The molecule has 0 saturated heterocycles. The van der Waals surface area contributed by atoms with E-state index in [0.717, 1.165) is 60.3 Å². The zero-order valence-electron chi connectivity index (χ0n) is 26.9. The Morgan fingerprint density at radius 3 is 2.57 bits per heavy atom. The van der Waals surface area contributed by atoms with Crippen molar-refractivity contribution in [2.75, 3.05) is 0 Å². The van der Waals surface area contributed by atoms with Crippen molar-refractivity contribution in [2.24, 2.45) is 46.3 Å². The van der Waals surface area contributed by atoms with Crippen molar-refractivity contribution >= 4 is 22.8 Å². The molecular weight excluding hydrogens is 512 g/mol. The highest BCUT2D eigenvalue weighted by molar-refractivity contribution is 5.89. The second-order valence-corrected chi connectivity index (χ2v) is 15.5. The molecule has 4 aliphatic rings. The molecule has 0 N–H and O–H groups in total. The van der Waals surface area contributed by atoms with E-state index in [9.17, 15) is 4.79 Å². The minimum absolute atomic E-state index is 0.00559. The number of ether oxygens (including phenoxy) is 1. The van der Waals surface area contributed by atoms with Gasteiger partial charge in [-0.2, -0.15) is 0 Å². The van der Waals surface area contributed by atoms with Crippen LogP contribution in [0.2, 0.25) is 0 Å². The van der Waals surface area contributed by atoms with Crippen molar-refractivity contribution in [2.45, 2.75) is 111 Å². The first-order valence-electron chi connectivity index (χ1n) is 17.2. The van der Waals surface area contributed by atoms with Crippen LogP contribution >= 0.6 is 0 Å². The van der Waals surface area contributed by atoms with Gasteiger partial charge in [0.25, 0.3) is 0 Å². The molecule has 6 rings (SSSR count). The van der Waals surface area contributed by atoms with Crippen LogP contribution in [0.3, 0.4) is 0 Å². The fourth-order valence-electron chi connectivity index (χ4n) is 10.4. The van der Waals surface area contributed by atoms with E-state index in [2.05, 4.69) is 83.2 Å². The van der Waals surface area contributed by atoms with Gasteiger partial charge in [-0.3, -0.25) is 0 Å². The summed E-state index contributed by atoms with van der Waals surface area (Å²) in [5.41, 5.74) is 3.44. The van der Waals surface area contributed by atoms with Crippen LogP contribution in [-0.2, 0) is 9.53 Å². The lowest BCUT2D eigenvalue weighted by atomic mass is 9.47. The molecule has 3 fully saturated rings. The Kier molecular flexibility index (Phi) is 8.47. The molecule has 0 heterocycles. The topological polar surface area (TPSA) is 26.3 Å². The Labute approximate surface area is 255 Å². The first kappa shape index (κ1) is 29.7. The average molecular weight is 567 g/mol. The molecule has 2 aromatic rings. The van der Waals surface area contributed by atoms with Crippen molar-refractivity contribution in [1.82, 2.24) is 0 Å². The van der Waals surface area contributed by atoms with E-state index in [0.29, 0.717) is 5.41 Å². The lowest BCUT2D eigenvalue weighted by Crippen LogP contribution is -2.51. The van der Waals surface area contributed by atoms with E-state index in [-0.39, 0.29) is 17.5 Å². The lowest BCUT2D eigenvalue weighted by molar-refractivity contribution is -0.145.